The van der Waals surface area contributed by atoms with Crippen molar-refractivity contribution in [3.8, 4) is 0 Å². The summed E-state index contributed by atoms with van der Waals surface area (Å²) in [5.41, 5.74) is 0.366. The summed E-state index contributed by atoms with van der Waals surface area (Å²) < 4.78 is 5.58. The molecule has 2 N–H and O–H groups in total. The molecule has 1 saturated carbocycles. The molecule has 0 unspecified atom stereocenters. The van der Waals surface area contributed by atoms with Crippen LogP contribution < -0.4 is 10.6 Å². The Morgan fingerprint density at radius 1 is 1.39 bits per heavy atom. The zero-order chi connectivity index (χ0) is 16.5. The minimum atomic E-state index is 0.366. The summed E-state index contributed by atoms with van der Waals surface area (Å²) in [4.78, 5) is 9.96. The maximum absolute atomic E-state index is 5.58. The molecule has 0 radical (unpaired) electrons. The van der Waals surface area contributed by atoms with Crippen LogP contribution in [0.2, 0.25) is 0 Å². The molecule has 0 atom stereocenters. The van der Waals surface area contributed by atoms with E-state index in [0.717, 1.165) is 43.7 Å². The topological polar surface area (TPSA) is 58.5 Å². The van der Waals surface area contributed by atoms with Crippen LogP contribution in [0.1, 0.15) is 48.9 Å². The number of hydrogen-bond acceptors (Lipinski definition) is 4. The van der Waals surface area contributed by atoms with E-state index in [4.69, 9.17) is 4.74 Å². The smallest absolute Gasteiger partial charge is 0.191 e. The Labute approximate surface area is 144 Å². The summed E-state index contributed by atoms with van der Waals surface area (Å²) in [6.07, 6.45) is 8.29. The van der Waals surface area contributed by atoms with Gasteiger partial charge in [-0.3, -0.25) is 4.99 Å². The first-order chi connectivity index (χ1) is 11.2. The van der Waals surface area contributed by atoms with E-state index in [9.17, 15) is 0 Å². The highest BCUT2D eigenvalue weighted by Crippen LogP contribution is 2.40. The summed E-state index contributed by atoms with van der Waals surface area (Å²) in [6, 6.07) is 0. The Kier molecular flexibility index (Phi) is 7.30. The van der Waals surface area contributed by atoms with Crippen LogP contribution in [0.25, 0.3) is 0 Å². The quantitative estimate of drug-likeness (QED) is 0.434. The summed E-state index contributed by atoms with van der Waals surface area (Å²) in [7, 11) is 1.82. The van der Waals surface area contributed by atoms with Crippen molar-refractivity contribution >= 4 is 17.3 Å². The molecule has 2 rings (SSSR count). The Morgan fingerprint density at radius 3 is 2.78 bits per heavy atom. The monoisotopic (exact) mass is 338 g/mol. The third kappa shape index (κ3) is 5.77. The Bertz CT molecular complexity index is 495. The number of nitrogens with one attached hydrogen (secondary N) is 2. The van der Waals surface area contributed by atoms with E-state index in [-0.39, 0.29) is 0 Å². The van der Waals surface area contributed by atoms with E-state index in [0.29, 0.717) is 5.41 Å². The first-order valence-corrected chi connectivity index (χ1v) is 9.43. The summed E-state index contributed by atoms with van der Waals surface area (Å²) in [6.45, 7) is 7.51. The van der Waals surface area contributed by atoms with Crippen LogP contribution in [-0.2, 0) is 11.3 Å². The van der Waals surface area contributed by atoms with E-state index in [1.54, 1.807) is 11.3 Å². The van der Waals surface area contributed by atoms with Crippen molar-refractivity contribution < 1.29 is 4.74 Å². The number of aryl methyl sites for hydroxylation is 1. The van der Waals surface area contributed by atoms with E-state index in [1.807, 2.05) is 13.2 Å². The van der Waals surface area contributed by atoms with Crippen LogP contribution in [0, 0.1) is 12.3 Å². The van der Waals surface area contributed by atoms with E-state index in [2.05, 4.69) is 34.5 Å². The van der Waals surface area contributed by atoms with Crippen molar-refractivity contribution in [2.75, 3.05) is 26.8 Å². The van der Waals surface area contributed by atoms with Crippen LogP contribution in [-0.4, -0.2) is 37.7 Å². The molecule has 0 aliphatic heterocycles. The SMILES string of the molecule is CCOCCC1(CNC(=NC)NCc2ncc(C)s2)CCCC1. The van der Waals surface area contributed by atoms with Crippen molar-refractivity contribution in [3.05, 3.63) is 16.1 Å². The highest BCUT2D eigenvalue weighted by molar-refractivity contribution is 7.11. The molecule has 1 aromatic rings. The van der Waals surface area contributed by atoms with Gasteiger partial charge >= 0.3 is 0 Å². The molecule has 1 aliphatic carbocycles. The van der Waals surface area contributed by atoms with Crippen LogP contribution in [0.15, 0.2) is 11.2 Å². The third-order valence-corrected chi connectivity index (χ3v) is 5.49. The fourth-order valence-electron chi connectivity index (χ4n) is 3.21. The van der Waals surface area contributed by atoms with E-state index >= 15 is 0 Å². The molecule has 0 aromatic carbocycles. The summed E-state index contributed by atoms with van der Waals surface area (Å²) in [5, 5.41) is 7.97. The molecule has 1 fully saturated rings. The van der Waals surface area contributed by atoms with Crippen LogP contribution in [0.5, 0.6) is 0 Å². The number of guanidine groups is 1. The molecule has 0 spiro atoms. The second-order valence-corrected chi connectivity index (χ2v) is 7.62. The Morgan fingerprint density at radius 2 is 2.17 bits per heavy atom. The maximum atomic E-state index is 5.58. The standard InChI is InChI=1S/C17H30N4OS/c1-4-22-10-9-17(7-5-6-8-17)13-21-16(18-3)20-12-15-19-11-14(2)23-15/h11H,4-10,12-13H2,1-3H3,(H2,18,20,21). The predicted molar refractivity (Wildman–Crippen MR) is 97.1 cm³/mol. The van der Waals surface area contributed by atoms with Crippen LogP contribution >= 0.6 is 11.3 Å². The Hall–Kier alpha value is -1.14. The van der Waals surface area contributed by atoms with E-state index < -0.39 is 0 Å². The summed E-state index contributed by atoms with van der Waals surface area (Å²) in [5.74, 6) is 0.862. The number of thiazole rings is 1. The molecule has 1 aliphatic rings. The lowest BCUT2D eigenvalue weighted by Crippen LogP contribution is -2.43. The molecule has 1 aromatic heterocycles. The second kappa shape index (κ2) is 9.23. The van der Waals surface area contributed by atoms with Gasteiger partial charge in [-0.2, -0.15) is 0 Å². The van der Waals surface area contributed by atoms with Gasteiger partial charge in [-0.25, -0.2) is 4.98 Å². The lowest BCUT2D eigenvalue weighted by Gasteiger charge is -2.30. The third-order valence-electron chi connectivity index (χ3n) is 4.58. The maximum Gasteiger partial charge on any atom is 0.191 e. The average molecular weight is 339 g/mol. The number of nitrogens with zero attached hydrogens (tertiary/aromatic N) is 2. The largest absolute Gasteiger partial charge is 0.382 e. The van der Waals surface area contributed by atoms with Crippen molar-refractivity contribution in [2.24, 2.45) is 10.4 Å². The zero-order valence-corrected chi connectivity index (χ0v) is 15.5. The van der Waals surface area contributed by atoms with Gasteiger partial charge in [-0.05, 0) is 38.5 Å². The lowest BCUT2D eigenvalue weighted by atomic mass is 9.83. The van der Waals surface area contributed by atoms with Gasteiger partial charge in [0.2, 0.25) is 0 Å². The normalized spacial score (nSPS) is 17.4. The first kappa shape index (κ1) is 18.2. The molecule has 5 nitrogen and oxygen atoms in total. The fraction of sp³-hybridized carbons (Fsp3) is 0.765. The number of ether oxygens (including phenoxy) is 1. The average Bonchev–Trinajstić information content (AvgIpc) is 3.18. The van der Waals surface area contributed by atoms with Gasteiger partial charge in [0.15, 0.2) is 5.96 Å². The van der Waals surface area contributed by atoms with Gasteiger partial charge in [0.05, 0.1) is 6.54 Å². The van der Waals surface area contributed by atoms with Crippen LogP contribution in [0.3, 0.4) is 0 Å². The molecule has 0 saturated heterocycles. The molecule has 130 valence electrons. The molecule has 0 amide bonds. The number of hydrogen-bond donors (Lipinski definition) is 2. The van der Waals surface area contributed by atoms with Gasteiger partial charge in [0, 0.05) is 37.9 Å². The minimum Gasteiger partial charge on any atom is -0.382 e. The second-order valence-electron chi connectivity index (χ2n) is 6.30. The van der Waals surface area contributed by atoms with Gasteiger partial charge in [0.1, 0.15) is 5.01 Å². The molecule has 0 bridgehead atoms. The number of rotatable bonds is 8. The van der Waals surface area contributed by atoms with Gasteiger partial charge < -0.3 is 15.4 Å². The molecular formula is C17H30N4OS. The zero-order valence-electron chi connectivity index (χ0n) is 14.7. The molecule has 6 heteroatoms. The van der Waals surface area contributed by atoms with Gasteiger partial charge in [-0.15, -0.1) is 11.3 Å². The first-order valence-electron chi connectivity index (χ1n) is 8.61. The highest BCUT2D eigenvalue weighted by Gasteiger charge is 2.33. The number of aliphatic imine (C=N–C) groups is 1. The lowest BCUT2D eigenvalue weighted by molar-refractivity contribution is 0.105. The van der Waals surface area contributed by atoms with Crippen molar-refractivity contribution in [3.63, 3.8) is 0 Å². The Balaban J connectivity index is 1.80. The van der Waals surface area contributed by atoms with Crippen molar-refractivity contribution in [1.82, 2.24) is 15.6 Å². The molecule has 1 heterocycles. The highest BCUT2D eigenvalue weighted by atomic mass is 32.1. The number of aromatic nitrogens is 1. The van der Waals surface area contributed by atoms with Crippen molar-refractivity contribution in [2.45, 2.75) is 52.5 Å². The van der Waals surface area contributed by atoms with Gasteiger partial charge in [0.25, 0.3) is 0 Å². The van der Waals surface area contributed by atoms with Gasteiger partial charge in [-0.1, -0.05) is 12.8 Å². The molecular weight excluding hydrogens is 308 g/mol. The fourth-order valence-corrected chi connectivity index (χ4v) is 3.93. The minimum absolute atomic E-state index is 0.366. The van der Waals surface area contributed by atoms with E-state index in [1.165, 1.54) is 30.6 Å². The molecule has 23 heavy (non-hydrogen) atoms. The van der Waals surface area contributed by atoms with Crippen LogP contribution in [0.4, 0.5) is 0 Å². The summed E-state index contributed by atoms with van der Waals surface area (Å²) >= 11 is 1.72. The van der Waals surface area contributed by atoms with Crippen molar-refractivity contribution in [1.29, 1.82) is 0 Å². The predicted octanol–water partition coefficient (Wildman–Crippen LogP) is 3.10.